The Morgan fingerprint density at radius 3 is 2.31 bits per heavy atom. The minimum Gasteiger partial charge on any atom is -0.462 e. The number of benzene rings is 1. The summed E-state index contributed by atoms with van der Waals surface area (Å²) < 4.78 is 6.82. The Morgan fingerprint density at radius 1 is 1.10 bits per heavy atom. The lowest BCUT2D eigenvalue weighted by Gasteiger charge is -2.19. The van der Waals surface area contributed by atoms with Crippen LogP contribution in [0.25, 0.3) is 5.52 Å². The molecule has 0 spiro atoms. The zero-order valence-corrected chi connectivity index (χ0v) is 16.8. The van der Waals surface area contributed by atoms with Crippen LogP contribution < -0.4 is 0 Å². The van der Waals surface area contributed by atoms with Gasteiger partial charge in [-0.25, -0.2) is 4.79 Å². The summed E-state index contributed by atoms with van der Waals surface area (Å²) in [5.41, 5.74) is 2.26. The van der Waals surface area contributed by atoms with Crippen molar-refractivity contribution in [3.8, 4) is 0 Å². The molecular weight excluding hydrogens is 372 g/mol. The lowest BCUT2D eigenvalue weighted by molar-refractivity contribution is -0.384. The van der Waals surface area contributed by atoms with E-state index in [0.717, 1.165) is 5.56 Å². The summed E-state index contributed by atoms with van der Waals surface area (Å²) in [4.78, 5) is 35.9. The lowest BCUT2D eigenvalue weighted by atomic mass is 9.87. The number of carbonyl (C=O) groups is 2. The number of aromatic nitrogens is 1. The van der Waals surface area contributed by atoms with Crippen molar-refractivity contribution in [1.29, 1.82) is 0 Å². The molecule has 3 rings (SSSR count). The number of non-ortho nitro benzene ring substituents is 1. The van der Waals surface area contributed by atoms with Crippen molar-refractivity contribution in [2.45, 2.75) is 33.1 Å². The van der Waals surface area contributed by atoms with Crippen LogP contribution in [-0.2, 0) is 10.2 Å². The molecule has 0 aliphatic heterocycles. The van der Waals surface area contributed by atoms with Gasteiger partial charge in [0.25, 0.3) is 5.69 Å². The standard InChI is InChI=1S/C22H22N2O5/c1-5-29-21(26)17-13-19(20(25)14-6-8-16(9-7-14)24(27)28)23-11-10-15(12-18(17)23)22(2,3)4/h6-13H,5H2,1-4H3. The molecule has 0 aliphatic carbocycles. The average Bonchev–Trinajstić information content (AvgIpc) is 3.06. The van der Waals surface area contributed by atoms with Crippen LogP contribution >= 0.6 is 0 Å². The zero-order chi connectivity index (χ0) is 21.3. The smallest absolute Gasteiger partial charge is 0.340 e. The van der Waals surface area contributed by atoms with Crippen molar-refractivity contribution in [3.63, 3.8) is 0 Å². The van der Waals surface area contributed by atoms with Crippen LogP contribution in [0.3, 0.4) is 0 Å². The largest absolute Gasteiger partial charge is 0.462 e. The van der Waals surface area contributed by atoms with E-state index in [1.165, 1.54) is 30.3 Å². The Morgan fingerprint density at radius 2 is 1.76 bits per heavy atom. The third-order valence-electron chi connectivity index (χ3n) is 4.71. The van der Waals surface area contributed by atoms with Gasteiger partial charge in [-0.15, -0.1) is 0 Å². The summed E-state index contributed by atoms with van der Waals surface area (Å²) in [5, 5.41) is 10.8. The zero-order valence-electron chi connectivity index (χ0n) is 16.8. The van der Waals surface area contributed by atoms with Gasteiger partial charge in [0.1, 0.15) is 0 Å². The molecule has 29 heavy (non-hydrogen) atoms. The predicted octanol–water partition coefficient (Wildman–Crippen LogP) is 4.55. The number of fused-ring (bicyclic) bond motifs is 1. The van der Waals surface area contributed by atoms with Crippen LogP contribution in [0.5, 0.6) is 0 Å². The lowest BCUT2D eigenvalue weighted by Crippen LogP contribution is -2.12. The van der Waals surface area contributed by atoms with Crippen molar-refractivity contribution < 1.29 is 19.2 Å². The number of rotatable bonds is 5. The fourth-order valence-electron chi connectivity index (χ4n) is 3.09. The molecule has 2 aromatic heterocycles. The van der Waals surface area contributed by atoms with Crippen molar-refractivity contribution in [2.75, 3.05) is 6.61 Å². The number of esters is 1. The Labute approximate surface area is 168 Å². The van der Waals surface area contributed by atoms with Gasteiger partial charge < -0.3 is 9.14 Å². The van der Waals surface area contributed by atoms with Crippen molar-refractivity contribution in [2.24, 2.45) is 0 Å². The van der Waals surface area contributed by atoms with Crippen LogP contribution in [-0.4, -0.2) is 27.7 Å². The SMILES string of the molecule is CCOC(=O)c1cc(C(=O)c2ccc([N+](=O)[O-])cc2)n2ccc(C(C)(C)C)cc12. The topological polar surface area (TPSA) is 90.9 Å². The second-order valence-corrected chi connectivity index (χ2v) is 7.72. The predicted molar refractivity (Wildman–Crippen MR) is 109 cm³/mol. The van der Waals surface area contributed by atoms with E-state index in [9.17, 15) is 19.7 Å². The number of nitro benzene ring substituents is 1. The van der Waals surface area contributed by atoms with E-state index in [-0.39, 0.29) is 29.2 Å². The summed E-state index contributed by atoms with van der Waals surface area (Å²) in [6.07, 6.45) is 1.76. The second-order valence-electron chi connectivity index (χ2n) is 7.72. The van der Waals surface area contributed by atoms with E-state index >= 15 is 0 Å². The Kier molecular flexibility index (Phi) is 5.24. The van der Waals surface area contributed by atoms with Crippen LogP contribution in [0, 0.1) is 10.1 Å². The highest BCUT2D eigenvalue weighted by molar-refractivity contribution is 6.11. The third kappa shape index (κ3) is 3.89. The first-order valence-corrected chi connectivity index (χ1v) is 9.25. The number of hydrogen-bond donors (Lipinski definition) is 0. The molecule has 0 unspecified atom stereocenters. The van der Waals surface area contributed by atoms with Gasteiger partial charge in [-0.1, -0.05) is 20.8 Å². The van der Waals surface area contributed by atoms with Crippen LogP contribution in [0.4, 0.5) is 5.69 Å². The first-order valence-electron chi connectivity index (χ1n) is 9.25. The van der Waals surface area contributed by atoms with Crippen LogP contribution in [0.15, 0.2) is 48.7 Å². The molecule has 150 valence electrons. The summed E-state index contributed by atoms with van der Waals surface area (Å²) in [6, 6.07) is 10.7. The van der Waals surface area contributed by atoms with Gasteiger partial charge in [-0.05, 0) is 48.2 Å². The number of carbonyl (C=O) groups excluding carboxylic acids is 2. The van der Waals surface area contributed by atoms with Gasteiger partial charge in [0, 0.05) is 23.9 Å². The highest BCUT2D eigenvalue weighted by Gasteiger charge is 2.24. The number of ether oxygens (including phenoxy) is 1. The third-order valence-corrected chi connectivity index (χ3v) is 4.71. The quantitative estimate of drug-likeness (QED) is 0.274. The van der Waals surface area contributed by atoms with E-state index in [1.54, 1.807) is 17.5 Å². The maximum atomic E-state index is 13.1. The van der Waals surface area contributed by atoms with E-state index in [2.05, 4.69) is 20.8 Å². The van der Waals surface area contributed by atoms with Gasteiger partial charge in [0.05, 0.1) is 28.3 Å². The van der Waals surface area contributed by atoms with E-state index in [1.807, 2.05) is 12.1 Å². The Bertz CT molecular complexity index is 1100. The molecule has 0 atom stereocenters. The molecule has 7 heteroatoms. The summed E-state index contributed by atoms with van der Waals surface area (Å²) in [6.45, 7) is 8.14. The van der Waals surface area contributed by atoms with E-state index in [0.29, 0.717) is 16.6 Å². The highest BCUT2D eigenvalue weighted by Crippen LogP contribution is 2.28. The summed E-state index contributed by atoms with van der Waals surface area (Å²) in [7, 11) is 0. The fourth-order valence-corrected chi connectivity index (χ4v) is 3.09. The van der Waals surface area contributed by atoms with Crippen LogP contribution in [0.2, 0.25) is 0 Å². The molecule has 0 aliphatic rings. The van der Waals surface area contributed by atoms with Gasteiger partial charge in [-0.3, -0.25) is 14.9 Å². The van der Waals surface area contributed by atoms with Crippen LogP contribution in [0.1, 0.15) is 59.7 Å². The molecule has 0 amide bonds. The summed E-state index contributed by atoms with van der Waals surface area (Å²) in [5.74, 6) is -0.840. The first kappa shape index (κ1) is 20.3. The molecule has 0 saturated carbocycles. The molecular formula is C22H22N2O5. The molecule has 0 N–H and O–H groups in total. The minimum atomic E-state index is -0.520. The second kappa shape index (κ2) is 7.50. The molecule has 0 bridgehead atoms. The maximum absolute atomic E-state index is 13.1. The molecule has 1 aromatic carbocycles. The number of nitro groups is 1. The molecule has 3 aromatic rings. The molecule has 0 saturated heterocycles. The molecule has 2 heterocycles. The number of hydrogen-bond acceptors (Lipinski definition) is 5. The Hall–Kier alpha value is -3.48. The molecule has 0 fully saturated rings. The van der Waals surface area contributed by atoms with Crippen molar-refractivity contribution in [1.82, 2.24) is 4.40 Å². The van der Waals surface area contributed by atoms with Gasteiger partial charge in [-0.2, -0.15) is 0 Å². The first-order chi connectivity index (χ1) is 13.6. The molecule has 0 radical (unpaired) electrons. The maximum Gasteiger partial charge on any atom is 0.340 e. The van der Waals surface area contributed by atoms with Gasteiger partial charge >= 0.3 is 5.97 Å². The van der Waals surface area contributed by atoms with Gasteiger partial charge in [0.2, 0.25) is 5.78 Å². The highest BCUT2D eigenvalue weighted by atomic mass is 16.6. The van der Waals surface area contributed by atoms with Crippen molar-refractivity contribution >= 4 is 23.0 Å². The fraction of sp³-hybridized carbons (Fsp3) is 0.273. The van der Waals surface area contributed by atoms with Gasteiger partial charge in [0.15, 0.2) is 0 Å². The number of nitrogens with zero attached hydrogens (tertiary/aromatic N) is 2. The normalized spacial score (nSPS) is 11.4. The number of pyridine rings is 1. The molecule has 7 nitrogen and oxygen atoms in total. The monoisotopic (exact) mass is 394 g/mol. The van der Waals surface area contributed by atoms with Crippen molar-refractivity contribution in [3.05, 3.63) is 81.2 Å². The van der Waals surface area contributed by atoms with E-state index < -0.39 is 10.9 Å². The summed E-state index contributed by atoms with van der Waals surface area (Å²) >= 11 is 0. The van der Waals surface area contributed by atoms with E-state index in [4.69, 9.17) is 4.74 Å². The Balaban J connectivity index is 2.15. The number of ketones is 1. The average molecular weight is 394 g/mol. The minimum absolute atomic E-state index is 0.0939.